The summed E-state index contributed by atoms with van der Waals surface area (Å²) in [5.41, 5.74) is 1.44. The number of hydrogen-bond acceptors (Lipinski definition) is 3. The first-order chi connectivity index (χ1) is 9.20. The number of hydrogen-bond donors (Lipinski definition) is 1. The van der Waals surface area contributed by atoms with Crippen LogP contribution >= 0.6 is 0 Å². The highest BCUT2D eigenvalue weighted by atomic mass is 16.5. The minimum atomic E-state index is -0.177. The molecular formula is C15H16N2O2. The summed E-state index contributed by atoms with van der Waals surface area (Å²) >= 11 is 0. The molecule has 2 rings (SSSR count). The Kier molecular flexibility index (Phi) is 4.13. The molecule has 0 radical (unpaired) electrons. The third-order valence-corrected chi connectivity index (χ3v) is 2.86. The van der Waals surface area contributed by atoms with Gasteiger partial charge in [0, 0.05) is 6.20 Å². The second kappa shape index (κ2) is 6.00. The molecule has 19 heavy (non-hydrogen) atoms. The van der Waals surface area contributed by atoms with Gasteiger partial charge in [-0.2, -0.15) is 0 Å². The van der Waals surface area contributed by atoms with Gasteiger partial charge in [-0.3, -0.25) is 9.78 Å². The van der Waals surface area contributed by atoms with Crippen molar-refractivity contribution in [1.82, 2.24) is 10.3 Å². The molecule has 1 N–H and O–H groups in total. The average molecular weight is 256 g/mol. The van der Waals surface area contributed by atoms with E-state index in [1.807, 2.05) is 31.2 Å². The topological polar surface area (TPSA) is 51.2 Å². The van der Waals surface area contributed by atoms with Crippen molar-refractivity contribution < 1.29 is 9.53 Å². The molecule has 0 fully saturated rings. The summed E-state index contributed by atoms with van der Waals surface area (Å²) < 4.78 is 5.10. The van der Waals surface area contributed by atoms with Crippen molar-refractivity contribution in [3.05, 3.63) is 59.9 Å². The van der Waals surface area contributed by atoms with Crippen molar-refractivity contribution in [3.8, 4) is 5.75 Å². The molecule has 0 aliphatic heterocycles. The van der Waals surface area contributed by atoms with Crippen LogP contribution in [-0.2, 0) is 0 Å². The van der Waals surface area contributed by atoms with Gasteiger partial charge in [0.2, 0.25) is 0 Å². The summed E-state index contributed by atoms with van der Waals surface area (Å²) in [6.45, 7) is 1.93. The van der Waals surface area contributed by atoms with E-state index in [9.17, 15) is 4.79 Å². The summed E-state index contributed by atoms with van der Waals surface area (Å²) in [7, 11) is 1.63. The van der Waals surface area contributed by atoms with E-state index >= 15 is 0 Å². The zero-order valence-corrected chi connectivity index (χ0v) is 11.0. The first-order valence-electron chi connectivity index (χ1n) is 6.06. The molecule has 0 saturated carbocycles. The molecule has 4 heteroatoms. The predicted octanol–water partition coefficient (Wildman–Crippen LogP) is 2.58. The van der Waals surface area contributed by atoms with E-state index in [0.29, 0.717) is 5.69 Å². The molecule has 0 aliphatic carbocycles. The van der Waals surface area contributed by atoms with E-state index in [4.69, 9.17) is 4.74 Å². The molecule has 98 valence electrons. The van der Waals surface area contributed by atoms with E-state index in [1.165, 1.54) is 0 Å². The number of carbonyl (C=O) groups excluding carboxylic acids is 1. The Labute approximate surface area is 112 Å². The average Bonchev–Trinajstić information content (AvgIpc) is 2.48. The van der Waals surface area contributed by atoms with Gasteiger partial charge in [0.1, 0.15) is 11.4 Å². The molecule has 0 saturated heterocycles. The molecule has 1 amide bonds. The molecule has 0 spiro atoms. The van der Waals surface area contributed by atoms with Crippen LogP contribution in [0.2, 0.25) is 0 Å². The van der Waals surface area contributed by atoms with Gasteiger partial charge < -0.3 is 10.1 Å². The van der Waals surface area contributed by atoms with Crippen molar-refractivity contribution in [1.29, 1.82) is 0 Å². The van der Waals surface area contributed by atoms with Crippen LogP contribution in [0.4, 0.5) is 0 Å². The lowest BCUT2D eigenvalue weighted by molar-refractivity contribution is 0.0935. The number of nitrogens with zero attached hydrogens (tertiary/aromatic N) is 1. The van der Waals surface area contributed by atoms with Crippen molar-refractivity contribution in [2.45, 2.75) is 13.0 Å². The molecule has 0 aliphatic rings. The van der Waals surface area contributed by atoms with Crippen LogP contribution in [0.5, 0.6) is 5.75 Å². The molecule has 2 aromatic rings. The van der Waals surface area contributed by atoms with Gasteiger partial charge in [-0.05, 0) is 36.8 Å². The van der Waals surface area contributed by atoms with Gasteiger partial charge in [-0.1, -0.05) is 18.2 Å². The lowest BCUT2D eigenvalue weighted by Gasteiger charge is -2.14. The standard InChI is InChI=1S/C15H16N2O2/c1-11(12-6-8-13(19-2)9-7-12)17-15(18)14-5-3-4-10-16-14/h3-11H,1-2H3,(H,17,18)/t11-/m0/s1. The Balaban J connectivity index is 2.04. The molecule has 0 unspecified atom stereocenters. The highest BCUT2D eigenvalue weighted by molar-refractivity contribution is 5.92. The van der Waals surface area contributed by atoms with Crippen LogP contribution in [0.15, 0.2) is 48.7 Å². The van der Waals surface area contributed by atoms with Crippen LogP contribution < -0.4 is 10.1 Å². The summed E-state index contributed by atoms with van der Waals surface area (Å²) in [4.78, 5) is 16.0. The highest BCUT2D eigenvalue weighted by Crippen LogP contribution is 2.17. The molecule has 1 heterocycles. The number of pyridine rings is 1. The fraction of sp³-hybridized carbons (Fsp3) is 0.200. The molecule has 0 bridgehead atoms. The smallest absolute Gasteiger partial charge is 0.270 e. The van der Waals surface area contributed by atoms with E-state index in [0.717, 1.165) is 11.3 Å². The number of benzene rings is 1. The predicted molar refractivity (Wildman–Crippen MR) is 73.1 cm³/mol. The summed E-state index contributed by atoms with van der Waals surface area (Å²) in [5, 5.41) is 2.91. The fourth-order valence-electron chi connectivity index (χ4n) is 1.74. The van der Waals surface area contributed by atoms with Crippen LogP contribution in [0.1, 0.15) is 29.0 Å². The third-order valence-electron chi connectivity index (χ3n) is 2.86. The first-order valence-corrected chi connectivity index (χ1v) is 6.06. The maximum atomic E-state index is 12.0. The Bertz CT molecular complexity index is 538. The zero-order chi connectivity index (χ0) is 13.7. The van der Waals surface area contributed by atoms with E-state index in [2.05, 4.69) is 10.3 Å². The van der Waals surface area contributed by atoms with Crippen molar-refractivity contribution >= 4 is 5.91 Å². The number of amides is 1. The Hall–Kier alpha value is -2.36. The second-order valence-electron chi connectivity index (χ2n) is 4.18. The van der Waals surface area contributed by atoms with Gasteiger partial charge in [0.05, 0.1) is 13.2 Å². The maximum Gasteiger partial charge on any atom is 0.270 e. The normalized spacial score (nSPS) is 11.7. The number of carbonyl (C=O) groups is 1. The van der Waals surface area contributed by atoms with Gasteiger partial charge in [-0.15, -0.1) is 0 Å². The SMILES string of the molecule is COc1ccc([C@H](C)NC(=O)c2ccccn2)cc1. The summed E-state index contributed by atoms with van der Waals surface area (Å²) in [5.74, 6) is 0.621. The van der Waals surface area contributed by atoms with Crippen LogP contribution in [0, 0.1) is 0 Å². The number of methoxy groups -OCH3 is 1. The van der Waals surface area contributed by atoms with Crippen LogP contribution in [-0.4, -0.2) is 18.0 Å². The first kappa shape index (κ1) is 13.1. The minimum absolute atomic E-state index is 0.0830. The van der Waals surface area contributed by atoms with Gasteiger partial charge in [0.15, 0.2) is 0 Å². The Morgan fingerprint density at radius 1 is 1.21 bits per heavy atom. The van der Waals surface area contributed by atoms with Gasteiger partial charge >= 0.3 is 0 Å². The van der Waals surface area contributed by atoms with Gasteiger partial charge in [-0.25, -0.2) is 0 Å². The van der Waals surface area contributed by atoms with Gasteiger partial charge in [0.25, 0.3) is 5.91 Å². The zero-order valence-electron chi connectivity index (χ0n) is 11.0. The number of ether oxygens (including phenoxy) is 1. The van der Waals surface area contributed by atoms with Crippen molar-refractivity contribution in [3.63, 3.8) is 0 Å². The Morgan fingerprint density at radius 3 is 2.53 bits per heavy atom. The largest absolute Gasteiger partial charge is 0.497 e. The molecule has 4 nitrogen and oxygen atoms in total. The minimum Gasteiger partial charge on any atom is -0.497 e. The van der Waals surface area contributed by atoms with Crippen molar-refractivity contribution in [2.75, 3.05) is 7.11 Å². The van der Waals surface area contributed by atoms with Crippen LogP contribution in [0.3, 0.4) is 0 Å². The maximum absolute atomic E-state index is 12.0. The molecule has 1 aromatic carbocycles. The van der Waals surface area contributed by atoms with Crippen LogP contribution in [0.25, 0.3) is 0 Å². The summed E-state index contributed by atoms with van der Waals surface area (Å²) in [6, 6.07) is 12.8. The van der Waals surface area contributed by atoms with E-state index in [1.54, 1.807) is 31.5 Å². The number of rotatable bonds is 4. The van der Waals surface area contributed by atoms with E-state index in [-0.39, 0.29) is 11.9 Å². The number of aromatic nitrogens is 1. The van der Waals surface area contributed by atoms with Crippen molar-refractivity contribution in [2.24, 2.45) is 0 Å². The molecule has 1 atom stereocenters. The lowest BCUT2D eigenvalue weighted by Crippen LogP contribution is -2.27. The highest BCUT2D eigenvalue weighted by Gasteiger charge is 2.11. The monoisotopic (exact) mass is 256 g/mol. The van der Waals surface area contributed by atoms with E-state index < -0.39 is 0 Å². The molecule has 1 aromatic heterocycles. The number of nitrogens with one attached hydrogen (secondary N) is 1. The summed E-state index contributed by atoms with van der Waals surface area (Å²) in [6.07, 6.45) is 1.60. The quantitative estimate of drug-likeness (QED) is 0.914. The molecular weight excluding hydrogens is 240 g/mol. The lowest BCUT2D eigenvalue weighted by atomic mass is 10.1. The Morgan fingerprint density at radius 2 is 1.95 bits per heavy atom. The fourth-order valence-corrected chi connectivity index (χ4v) is 1.74. The third kappa shape index (κ3) is 3.31. The second-order valence-corrected chi connectivity index (χ2v) is 4.18.